The number of benzene rings is 1. The van der Waals surface area contributed by atoms with Crippen LogP contribution >= 0.6 is 11.3 Å². The molecule has 0 bridgehead atoms. The van der Waals surface area contributed by atoms with Crippen molar-refractivity contribution in [1.82, 2.24) is 14.9 Å². The average molecular weight is 383 g/mol. The number of halogens is 3. The fourth-order valence-corrected chi connectivity index (χ4v) is 3.09. The van der Waals surface area contributed by atoms with Crippen LogP contribution in [0.15, 0.2) is 28.6 Å². The zero-order valence-electron chi connectivity index (χ0n) is 13.4. The van der Waals surface area contributed by atoms with Gasteiger partial charge < -0.3 is 10.1 Å². The van der Waals surface area contributed by atoms with Gasteiger partial charge in [-0.1, -0.05) is 0 Å². The summed E-state index contributed by atoms with van der Waals surface area (Å²) in [6, 6.07) is 2.10. The zero-order valence-corrected chi connectivity index (χ0v) is 14.2. The molecule has 26 heavy (non-hydrogen) atoms. The number of carbonyl (C=O) groups is 1. The summed E-state index contributed by atoms with van der Waals surface area (Å²) in [5.41, 5.74) is -0.967. The van der Waals surface area contributed by atoms with Crippen molar-refractivity contribution in [2.24, 2.45) is 0 Å². The Bertz CT molecular complexity index is 1050. The lowest BCUT2D eigenvalue weighted by atomic mass is 10.1. The van der Waals surface area contributed by atoms with Crippen LogP contribution in [0.1, 0.15) is 10.4 Å². The molecule has 2 heterocycles. The molecular weight excluding hydrogens is 371 g/mol. The van der Waals surface area contributed by atoms with Crippen LogP contribution < -0.4 is 15.6 Å². The van der Waals surface area contributed by atoms with Crippen LogP contribution in [-0.4, -0.2) is 29.1 Å². The molecule has 1 N–H and O–H groups in total. The van der Waals surface area contributed by atoms with Crippen molar-refractivity contribution in [3.8, 4) is 5.75 Å². The summed E-state index contributed by atoms with van der Waals surface area (Å²) in [5.74, 6) is -6.15. The lowest BCUT2D eigenvalue weighted by Gasteiger charge is -2.11. The van der Waals surface area contributed by atoms with E-state index in [0.29, 0.717) is 16.3 Å². The second-order valence-corrected chi connectivity index (χ2v) is 6.10. The number of amides is 1. The van der Waals surface area contributed by atoms with E-state index in [-0.39, 0.29) is 18.6 Å². The highest BCUT2D eigenvalue weighted by atomic mass is 32.1. The predicted molar refractivity (Wildman–Crippen MR) is 89.1 cm³/mol. The molecule has 0 radical (unpaired) electrons. The summed E-state index contributed by atoms with van der Waals surface area (Å²) in [7, 11) is 0.961. The first-order valence-corrected chi connectivity index (χ1v) is 8.24. The second-order valence-electron chi connectivity index (χ2n) is 5.21. The number of thiophene rings is 1. The Balaban J connectivity index is 1.74. The van der Waals surface area contributed by atoms with Crippen LogP contribution in [0.5, 0.6) is 5.75 Å². The van der Waals surface area contributed by atoms with Gasteiger partial charge in [-0.25, -0.2) is 13.8 Å². The highest BCUT2D eigenvalue weighted by Crippen LogP contribution is 2.26. The molecule has 136 valence electrons. The van der Waals surface area contributed by atoms with Crippen LogP contribution in [0, 0.1) is 17.5 Å². The highest BCUT2D eigenvalue weighted by Gasteiger charge is 2.23. The Labute approximate surface area is 148 Å². The van der Waals surface area contributed by atoms with Crippen molar-refractivity contribution in [1.29, 1.82) is 0 Å². The molecule has 6 nitrogen and oxygen atoms in total. The summed E-state index contributed by atoms with van der Waals surface area (Å²) in [6.45, 7) is 0.0304. The minimum Gasteiger partial charge on any atom is -0.491 e. The van der Waals surface area contributed by atoms with E-state index in [1.165, 1.54) is 22.2 Å². The molecule has 0 aliphatic rings. The first kappa shape index (κ1) is 17.9. The molecule has 10 heteroatoms. The van der Waals surface area contributed by atoms with Gasteiger partial charge in [-0.05, 0) is 17.5 Å². The van der Waals surface area contributed by atoms with E-state index >= 15 is 0 Å². The number of carbonyl (C=O) groups excluding carboxylic acids is 1. The number of ether oxygens (including phenoxy) is 1. The summed E-state index contributed by atoms with van der Waals surface area (Å²) >= 11 is 1.33. The quantitative estimate of drug-likeness (QED) is 0.687. The number of aromatic nitrogens is 2. The predicted octanol–water partition coefficient (Wildman–Crippen LogP) is 2.31. The van der Waals surface area contributed by atoms with Crippen LogP contribution in [0.25, 0.3) is 10.2 Å². The number of nitrogens with one attached hydrogen (secondary N) is 1. The maximum Gasteiger partial charge on any atom is 0.262 e. The van der Waals surface area contributed by atoms with Gasteiger partial charge in [-0.2, -0.15) is 4.39 Å². The van der Waals surface area contributed by atoms with Gasteiger partial charge in [0.25, 0.3) is 11.5 Å². The molecule has 3 aromatic rings. The Hall–Kier alpha value is -2.88. The maximum absolute atomic E-state index is 14.1. The third-order valence-corrected chi connectivity index (χ3v) is 4.47. The van der Waals surface area contributed by atoms with Crippen LogP contribution in [0.2, 0.25) is 0 Å². The Morgan fingerprint density at radius 1 is 1.35 bits per heavy atom. The fourth-order valence-electron chi connectivity index (χ4n) is 2.36. The van der Waals surface area contributed by atoms with Crippen molar-refractivity contribution in [3.05, 3.63) is 57.2 Å². The molecule has 3 rings (SSSR count). The van der Waals surface area contributed by atoms with Crippen LogP contribution in [0.4, 0.5) is 13.2 Å². The average Bonchev–Trinajstić information content (AvgIpc) is 3.10. The van der Waals surface area contributed by atoms with E-state index < -0.39 is 34.7 Å². The van der Waals surface area contributed by atoms with Crippen molar-refractivity contribution >= 4 is 27.5 Å². The zero-order chi connectivity index (χ0) is 18.8. The Morgan fingerprint density at radius 3 is 2.85 bits per heavy atom. The largest absolute Gasteiger partial charge is 0.491 e. The first-order chi connectivity index (χ1) is 12.4. The van der Waals surface area contributed by atoms with Crippen LogP contribution in [0.3, 0.4) is 0 Å². The third-order valence-electron chi connectivity index (χ3n) is 3.65. The van der Waals surface area contributed by atoms with E-state index in [4.69, 9.17) is 0 Å². The lowest BCUT2D eigenvalue weighted by Crippen LogP contribution is -2.31. The van der Waals surface area contributed by atoms with Crippen molar-refractivity contribution < 1.29 is 22.7 Å². The first-order valence-electron chi connectivity index (χ1n) is 7.36. The van der Waals surface area contributed by atoms with E-state index in [9.17, 15) is 22.8 Å². The number of methoxy groups -OCH3 is 1. The van der Waals surface area contributed by atoms with Gasteiger partial charge in [0.1, 0.15) is 4.83 Å². The number of hydrogen-bond acceptors (Lipinski definition) is 5. The second kappa shape index (κ2) is 7.16. The van der Waals surface area contributed by atoms with E-state index in [1.807, 2.05) is 0 Å². The normalized spacial score (nSPS) is 10.9. The van der Waals surface area contributed by atoms with Crippen molar-refractivity contribution in [2.45, 2.75) is 6.54 Å². The number of rotatable bonds is 5. The van der Waals surface area contributed by atoms with Crippen molar-refractivity contribution in [2.75, 3.05) is 13.7 Å². The Morgan fingerprint density at radius 2 is 2.12 bits per heavy atom. The minimum atomic E-state index is -1.51. The van der Waals surface area contributed by atoms with E-state index in [1.54, 1.807) is 11.4 Å². The molecule has 1 aromatic carbocycles. The number of hydrogen-bond donors (Lipinski definition) is 1. The van der Waals surface area contributed by atoms with Gasteiger partial charge in [0.15, 0.2) is 17.4 Å². The molecule has 0 fully saturated rings. The molecule has 0 saturated heterocycles. The number of fused-ring (bicyclic) bond motifs is 1. The van der Waals surface area contributed by atoms with Gasteiger partial charge in [0.05, 0.1) is 24.4 Å². The fraction of sp³-hybridized carbons (Fsp3) is 0.188. The molecule has 0 spiro atoms. The van der Waals surface area contributed by atoms with E-state index in [0.717, 1.165) is 7.11 Å². The molecule has 2 aromatic heterocycles. The van der Waals surface area contributed by atoms with Crippen molar-refractivity contribution in [3.63, 3.8) is 0 Å². The summed E-state index contributed by atoms with van der Waals surface area (Å²) < 4.78 is 46.7. The molecule has 0 aliphatic heterocycles. The summed E-state index contributed by atoms with van der Waals surface area (Å²) in [4.78, 5) is 29.0. The molecule has 0 saturated carbocycles. The van der Waals surface area contributed by atoms with E-state index in [2.05, 4.69) is 15.0 Å². The standard InChI is InChI=1S/C16H12F3N3O3S/c1-25-13-11(18)9(6-10(17)12(13)19)14(23)20-3-4-22-7-21-15-8(16(22)24)2-5-26-15/h2,5-7H,3-4H2,1H3,(H,20,23). The molecule has 0 atom stereocenters. The summed E-state index contributed by atoms with van der Waals surface area (Å²) in [6.07, 6.45) is 1.34. The monoisotopic (exact) mass is 383 g/mol. The molecular formula is C16H12F3N3O3S. The van der Waals surface area contributed by atoms with Gasteiger partial charge in [0, 0.05) is 13.1 Å². The van der Waals surface area contributed by atoms with Gasteiger partial charge in [0.2, 0.25) is 5.82 Å². The smallest absolute Gasteiger partial charge is 0.262 e. The lowest BCUT2D eigenvalue weighted by molar-refractivity contribution is 0.0946. The van der Waals surface area contributed by atoms with Gasteiger partial charge in [-0.15, -0.1) is 11.3 Å². The molecule has 1 amide bonds. The summed E-state index contributed by atoms with van der Waals surface area (Å²) in [5, 5.41) is 4.55. The highest BCUT2D eigenvalue weighted by molar-refractivity contribution is 7.16. The third kappa shape index (κ3) is 3.15. The molecule has 0 aliphatic carbocycles. The number of nitrogens with zero attached hydrogens (tertiary/aromatic N) is 2. The van der Waals surface area contributed by atoms with Gasteiger partial charge >= 0.3 is 0 Å². The SMILES string of the molecule is COc1c(F)c(F)cc(C(=O)NCCn2cnc3sccc3c2=O)c1F. The van der Waals surface area contributed by atoms with Crippen LogP contribution in [-0.2, 0) is 6.54 Å². The van der Waals surface area contributed by atoms with Gasteiger partial charge in [-0.3, -0.25) is 14.2 Å². The Kier molecular flexibility index (Phi) is 4.94. The minimum absolute atomic E-state index is 0.0448. The molecule has 0 unspecified atom stereocenters. The maximum atomic E-state index is 14.1. The topological polar surface area (TPSA) is 73.2 Å².